The van der Waals surface area contributed by atoms with Crippen LogP contribution in [-0.2, 0) is 17.8 Å². The second-order valence-corrected chi connectivity index (χ2v) is 7.93. The van der Waals surface area contributed by atoms with Crippen LogP contribution in [0.2, 0.25) is 0 Å². The molecule has 1 aliphatic heterocycles. The van der Waals surface area contributed by atoms with Gasteiger partial charge in [0.1, 0.15) is 0 Å². The van der Waals surface area contributed by atoms with Crippen molar-refractivity contribution in [1.82, 2.24) is 19.9 Å². The van der Waals surface area contributed by atoms with Crippen molar-refractivity contribution >= 4 is 17.2 Å². The van der Waals surface area contributed by atoms with Crippen LogP contribution < -0.4 is 0 Å². The largest absolute Gasteiger partial charge is 0.341 e. The van der Waals surface area contributed by atoms with E-state index >= 15 is 0 Å². The van der Waals surface area contributed by atoms with Gasteiger partial charge in [-0.15, -0.1) is 11.3 Å². The van der Waals surface area contributed by atoms with E-state index in [0.717, 1.165) is 44.0 Å². The number of carbonyl (C=O) groups excluding carboxylic acids is 1. The van der Waals surface area contributed by atoms with E-state index in [-0.39, 0.29) is 5.91 Å². The number of aryl methyl sites for hydroxylation is 1. The monoisotopic (exact) mass is 396 g/mol. The van der Waals surface area contributed by atoms with E-state index in [1.165, 1.54) is 5.56 Å². The first-order valence-corrected chi connectivity index (χ1v) is 10.6. The summed E-state index contributed by atoms with van der Waals surface area (Å²) in [5.41, 5.74) is 1.32. The fourth-order valence-corrected chi connectivity index (χ4v) is 4.10. The number of rotatable bonds is 6. The maximum absolute atomic E-state index is 12.6. The molecule has 146 valence electrons. The molecular weight excluding hydrogens is 372 g/mol. The molecule has 4 rings (SSSR count). The van der Waals surface area contributed by atoms with Crippen molar-refractivity contribution in [1.29, 1.82) is 0 Å². The minimum absolute atomic E-state index is 0.164. The number of benzene rings is 1. The normalized spacial score (nSPS) is 15.5. The molecule has 28 heavy (non-hydrogen) atoms. The Morgan fingerprint density at radius 2 is 1.96 bits per heavy atom. The number of thiophene rings is 1. The maximum Gasteiger partial charge on any atom is 0.227 e. The smallest absolute Gasteiger partial charge is 0.227 e. The third kappa shape index (κ3) is 4.85. The highest BCUT2D eigenvalue weighted by atomic mass is 32.1. The van der Waals surface area contributed by atoms with Gasteiger partial charge in [0, 0.05) is 45.6 Å². The van der Waals surface area contributed by atoms with Gasteiger partial charge >= 0.3 is 0 Å². The molecule has 1 aromatic carbocycles. The van der Waals surface area contributed by atoms with Gasteiger partial charge in [-0.25, -0.2) is 0 Å². The Labute approximate surface area is 168 Å². The van der Waals surface area contributed by atoms with Crippen molar-refractivity contribution in [3.05, 3.63) is 59.3 Å². The Bertz CT molecular complexity index is 879. The topological polar surface area (TPSA) is 62.5 Å². The third-order valence-electron chi connectivity index (χ3n) is 4.95. The lowest BCUT2D eigenvalue weighted by Crippen LogP contribution is -2.35. The van der Waals surface area contributed by atoms with Crippen molar-refractivity contribution in [3.8, 4) is 10.7 Å². The third-order valence-corrected chi connectivity index (χ3v) is 5.82. The summed E-state index contributed by atoms with van der Waals surface area (Å²) in [6.45, 7) is 4.46. The zero-order valence-electron chi connectivity index (χ0n) is 15.8. The molecule has 6 nitrogen and oxygen atoms in total. The van der Waals surface area contributed by atoms with Gasteiger partial charge in [-0.3, -0.25) is 9.69 Å². The van der Waals surface area contributed by atoms with Crippen LogP contribution >= 0.6 is 11.3 Å². The van der Waals surface area contributed by atoms with E-state index in [2.05, 4.69) is 39.3 Å². The van der Waals surface area contributed by atoms with Gasteiger partial charge in [0.05, 0.1) is 4.88 Å². The molecule has 0 saturated carbocycles. The molecule has 0 bridgehead atoms. The number of hydrogen-bond acceptors (Lipinski definition) is 6. The van der Waals surface area contributed by atoms with Crippen molar-refractivity contribution < 1.29 is 9.32 Å². The first-order valence-electron chi connectivity index (χ1n) is 9.68. The molecule has 0 aliphatic carbocycles. The van der Waals surface area contributed by atoms with E-state index in [0.29, 0.717) is 24.6 Å². The lowest BCUT2D eigenvalue weighted by molar-refractivity contribution is -0.131. The van der Waals surface area contributed by atoms with Gasteiger partial charge < -0.3 is 9.42 Å². The van der Waals surface area contributed by atoms with Crippen LogP contribution in [0.1, 0.15) is 24.3 Å². The highest BCUT2D eigenvalue weighted by Crippen LogP contribution is 2.21. The van der Waals surface area contributed by atoms with Gasteiger partial charge in [-0.1, -0.05) is 41.6 Å². The van der Waals surface area contributed by atoms with Crippen molar-refractivity contribution in [2.75, 3.05) is 26.2 Å². The maximum atomic E-state index is 12.6. The molecule has 1 fully saturated rings. The number of hydrogen-bond donors (Lipinski definition) is 0. The zero-order valence-corrected chi connectivity index (χ0v) is 16.6. The summed E-state index contributed by atoms with van der Waals surface area (Å²) in [6, 6.07) is 14.4. The fourth-order valence-electron chi connectivity index (χ4n) is 3.45. The van der Waals surface area contributed by atoms with E-state index in [9.17, 15) is 4.79 Å². The summed E-state index contributed by atoms with van der Waals surface area (Å²) in [7, 11) is 0. The summed E-state index contributed by atoms with van der Waals surface area (Å²) in [6.07, 6.45) is 1.90. The molecule has 0 atom stereocenters. The Morgan fingerprint density at radius 3 is 2.79 bits per heavy atom. The molecule has 1 amide bonds. The van der Waals surface area contributed by atoms with E-state index in [1.807, 2.05) is 28.5 Å². The van der Waals surface area contributed by atoms with Gasteiger partial charge in [0.15, 0.2) is 0 Å². The summed E-state index contributed by atoms with van der Waals surface area (Å²) in [4.78, 5) is 22.4. The average molecular weight is 397 g/mol. The second-order valence-electron chi connectivity index (χ2n) is 6.99. The summed E-state index contributed by atoms with van der Waals surface area (Å²) in [5, 5.41) is 5.99. The van der Waals surface area contributed by atoms with Crippen LogP contribution in [0.5, 0.6) is 0 Å². The van der Waals surface area contributed by atoms with Crippen LogP contribution in [0, 0.1) is 0 Å². The fraction of sp³-hybridized carbons (Fsp3) is 0.381. The molecule has 0 N–H and O–H groups in total. The Morgan fingerprint density at radius 1 is 1.07 bits per heavy atom. The van der Waals surface area contributed by atoms with Gasteiger partial charge in [0.2, 0.25) is 17.6 Å². The first-order chi connectivity index (χ1) is 13.8. The molecule has 3 aromatic rings. The number of amides is 1. The van der Waals surface area contributed by atoms with Crippen molar-refractivity contribution in [2.45, 2.75) is 25.8 Å². The van der Waals surface area contributed by atoms with Crippen LogP contribution in [0.15, 0.2) is 52.4 Å². The molecular formula is C21H24N4O2S. The van der Waals surface area contributed by atoms with Crippen LogP contribution in [0.3, 0.4) is 0 Å². The lowest BCUT2D eigenvalue weighted by Gasteiger charge is -2.22. The molecule has 1 saturated heterocycles. The molecule has 0 radical (unpaired) electrons. The minimum atomic E-state index is 0.164. The zero-order chi connectivity index (χ0) is 19.2. The molecule has 0 spiro atoms. The van der Waals surface area contributed by atoms with Crippen LogP contribution in [-0.4, -0.2) is 52.0 Å². The Balaban J connectivity index is 1.26. The van der Waals surface area contributed by atoms with Crippen LogP contribution in [0.4, 0.5) is 0 Å². The summed E-state index contributed by atoms with van der Waals surface area (Å²) < 4.78 is 5.30. The quantitative estimate of drug-likeness (QED) is 0.638. The molecule has 0 unspecified atom stereocenters. The van der Waals surface area contributed by atoms with Gasteiger partial charge in [-0.05, 0) is 23.4 Å². The predicted molar refractivity (Wildman–Crippen MR) is 109 cm³/mol. The highest BCUT2D eigenvalue weighted by Gasteiger charge is 2.20. The first kappa shape index (κ1) is 18.8. The SMILES string of the molecule is O=C(CCc1nc(-c2cccs2)no1)N1CCCN(Cc2ccccc2)CC1. The molecule has 1 aliphatic rings. The van der Waals surface area contributed by atoms with E-state index in [4.69, 9.17) is 4.52 Å². The molecule has 3 heterocycles. The number of carbonyl (C=O) groups is 1. The number of aromatic nitrogens is 2. The Hall–Kier alpha value is -2.51. The second kappa shape index (κ2) is 9.12. The minimum Gasteiger partial charge on any atom is -0.341 e. The Kier molecular flexibility index (Phi) is 6.14. The summed E-state index contributed by atoms with van der Waals surface area (Å²) in [5.74, 6) is 1.29. The van der Waals surface area contributed by atoms with Gasteiger partial charge in [0.25, 0.3) is 0 Å². The predicted octanol–water partition coefficient (Wildman–Crippen LogP) is 3.47. The molecule has 2 aromatic heterocycles. The standard InChI is InChI=1S/C21H24N4O2S/c26-20(10-9-19-22-21(23-27-19)18-8-4-15-28-18)25-12-5-11-24(13-14-25)16-17-6-2-1-3-7-17/h1-4,6-8,15H,5,9-14,16H2. The highest BCUT2D eigenvalue weighted by molar-refractivity contribution is 7.13. The van der Waals surface area contributed by atoms with E-state index < -0.39 is 0 Å². The van der Waals surface area contributed by atoms with E-state index in [1.54, 1.807) is 11.3 Å². The van der Waals surface area contributed by atoms with Crippen LogP contribution in [0.25, 0.3) is 10.7 Å². The number of nitrogens with zero attached hydrogens (tertiary/aromatic N) is 4. The molecule has 7 heteroatoms. The van der Waals surface area contributed by atoms with Gasteiger partial charge in [-0.2, -0.15) is 4.98 Å². The average Bonchev–Trinajstić information content (AvgIpc) is 3.36. The van der Waals surface area contributed by atoms with Crippen molar-refractivity contribution in [2.24, 2.45) is 0 Å². The summed E-state index contributed by atoms with van der Waals surface area (Å²) >= 11 is 1.57. The van der Waals surface area contributed by atoms with Crippen molar-refractivity contribution in [3.63, 3.8) is 0 Å². The lowest BCUT2D eigenvalue weighted by atomic mass is 10.2.